The third-order valence-corrected chi connectivity index (χ3v) is 7.77. The molecular weight excluding hydrogens is 390 g/mol. The van der Waals surface area contributed by atoms with Crippen LogP contribution in [-0.2, 0) is 11.8 Å². The average Bonchev–Trinajstić information content (AvgIpc) is 3.36. The number of para-hydroxylation sites is 1. The molecule has 0 N–H and O–H groups in total. The molecule has 3 aromatic rings. The lowest BCUT2D eigenvalue weighted by Crippen LogP contribution is -2.40. The van der Waals surface area contributed by atoms with Crippen molar-refractivity contribution in [1.82, 2.24) is 24.6 Å². The molecule has 2 fully saturated rings. The molecule has 6 nitrogen and oxygen atoms in total. The number of piperidine rings is 1. The van der Waals surface area contributed by atoms with Gasteiger partial charge in [0, 0.05) is 32.0 Å². The van der Waals surface area contributed by atoms with Crippen LogP contribution in [0.2, 0.25) is 0 Å². The predicted molar refractivity (Wildman–Crippen MR) is 112 cm³/mol. The van der Waals surface area contributed by atoms with Gasteiger partial charge in [0.1, 0.15) is 5.82 Å². The minimum atomic E-state index is 0.187. The molecule has 1 saturated heterocycles. The fraction of sp³-hybridized carbons (Fsp3) is 0.500. The lowest BCUT2D eigenvalue weighted by Gasteiger charge is -2.31. The van der Waals surface area contributed by atoms with E-state index in [2.05, 4.69) is 33.0 Å². The molecule has 1 atom stereocenters. The molecule has 1 amide bonds. The lowest BCUT2D eigenvalue weighted by molar-refractivity contribution is -0.129. The number of thioether (sulfide) groups is 1. The van der Waals surface area contributed by atoms with Gasteiger partial charge in [-0.05, 0) is 37.8 Å². The number of fused-ring (bicyclic) bond motifs is 1. The molecule has 8 heteroatoms. The minimum Gasteiger partial charge on any atom is -0.341 e. The van der Waals surface area contributed by atoms with Crippen LogP contribution >= 0.6 is 23.1 Å². The van der Waals surface area contributed by atoms with Crippen molar-refractivity contribution in [3.63, 3.8) is 0 Å². The van der Waals surface area contributed by atoms with Crippen molar-refractivity contribution in [2.24, 2.45) is 7.05 Å². The van der Waals surface area contributed by atoms with Crippen LogP contribution in [0.3, 0.4) is 0 Å². The first-order valence-electron chi connectivity index (χ1n) is 9.84. The van der Waals surface area contributed by atoms with E-state index in [-0.39, 0.29) is 5.91 Å². The Balaban J connectivity index is 1.22. The van der Waals surface area contributed by atoms with Crippen molar-refractivity contribution < 1.29 is 4.79 Å². The maximum Gasteiger partial charge on any atom is 0.233 e. The number of hydrogen-bond donors (Lipinski definition) is 0. The summed E-state index contributed by atoms with van der Waals surface area (Å²) in [7, 11) is 2.00. The van der Waals surface area contributed by atoms with Gasteiger partial charge in [-0.2, -0.15) is 0 Å². The molecule has 1 aliphatic carbocycles. The maximum atomic E-state index is 12.8. The van der Waals surface area contributed by atoms with E-state index in [9.17, 15) is 4.79 Å². The van der Waals surface area contributed by atoms with E-state index < -0.39 is 0 Å². The smallest absolute Gasteiger partial charge is 0.233 e. The molecule has 0 bridgehead atoms. The first-order chi connectivity index (χ1) is 13.7. The molecule has 5 rings (SSSR count). The van der Waals surface area contributed by atoms with E-state index in [0.29, 0.717) is 17.6 Å². The van der Waals surface area contributed by atoms with Crippen molar-refractivity contribution in [3.05, 3.63) is 35.1 Å². The van der Waals surface area contributed by atoms with Gasteiger partial charge in [-0.1, -0.05) is 23.9 Å². The number of rotatable bonds is 5. The molecule has 2 aliphatic rings. The Bertz CT molecular complexity index is 976. The fourth-order valence-electron chi connectivity index (χ4n) is 3.84. The van der Waals surface area contributed by atoms with E-state index in [1.807, 2.05) is 18.0 Å². The number of benzene rings is 1. The Labute approximate surface area is 172 Å². The normalized spacial score (nSPS) is 20.0. The number of nitrogens with zero attached hydrogens (tertiary/aromatic N) is 5. The number of carbonyl (C=O) groups excluding carboxylic acids is 1. The molecule has 3 heterocycles. The topological polar surface area (TPSA) is 63.9 Å². The Kier molecular flexibility index (Phi) is 4.84. The zero-order valence-corrected chi connectivity index (χ0v) is 17.5. The Hall–Kier alpha value is -1.93. The van der Waals surface area contributed by atoms with Crippen molar-refractivity contribution in [2.75, 3.05) is 18.8 Å². The minimum absolute atomic E-state index is 0.187. The second-order valence-corrected chi connectivity index (χ2v) is 9.67. The highest BCUT2D eigenvalue weighted by atomic mass is 32.2. The van der Waals surface area contributed by atoms with Crippen molar-refractivity contribution in [3.8, 4) is 0 Å². The summed E-state index contributed by atoms with van der Waals surface area (Å²) in [5, 5.41) is 10.6. The quantitative estimate of drug-likeness (QED) is 0.595. The number of hydrogen-bond acceptors (Lipinski definition) is 6. The summed E-state index contributed by atoms with van der Waals surface area (Å²) in [6, 6.07) is 8.27. The molecule has 0 radical (unpaired) electrons. The zero-order chi connectivity index (χ0) is 19.1. The summed E-state index contributed by atoms with van der Waals surface area (Å²) in [4.78, 5) is 19.6. The van der Waals surface area contributed by atoms with Gasteiger partial charge < -0.3 is 9.47 Å². The standard InChI is InChI=1S/C20H23N5OS2/c1-24-18(13-8-9-13)22-23-20(24)27-12-17(26)25-10-4-5-14(11-25)19-21-15-6-2-3-7-16(15)28-19/h2-3,6-7,13-14H,4-5,8-12H2,1H3/t14-/m0/s1. The van der Waals surface area contributed by atoms with Crippen LogP contribution in [0.4, 0.5) is 0 Å². The number of likely N-dealkylation sites (tertiary alicyclic amines) is 1. The molecule has 2 aromatic heterocycles. The van der Waals surface area contributed by atoms with E-state index in [4.69, 9.17) is 4.98 Å². The highest BCUT2D eigenvalue weighted by Gasteiger charge is 2.30. The zero-order valence-electron chi connectivity index (χ0n) is 15.9. The highest BCUT2D eigenvalue weighted by Crippen LogP contribution is 2.39. The molecule has 0 spiro atoms. The van der Waals surface area contributed by atoms with Crippen molar-refractivity contribution in [2.45, 2.75) is 42.7 Å². The molecule has 28 heavy (non-hydrogen) atoms. The first kappa shape index (κ1) is 18.1. The summed E-state index contributed by atoms with van der Waals surface area (Å²) in [5.74, 6) is 2.58. The van der Waals surface area contributed by atoms with Gasteiger partial charge in [0.25, 0.3) is 0 Å². The number of thiazole rings is 1. The monoisotopic (exact) mass is 413 g/mol. The van der Waals surface area contributed by atoms with Crippen LogP contribution in [-0.4, -0.2) is 49.4 Å². The van der Waals surface area contributed by atoms with E-state index in [1.54, 1.807) is 11.3 Å². The van der Waals surface area contributed by atoms with E-state index in [1.165, 1.54) is 29.3 Å². The molecular formula is C20H23N5OS2. The second-order valence-electron chi connectivity index (χ2n) is 7.66. The van der Waals surface area contributed by atoms with Crippen LogP contribution in [0, 0.1) is 0 Å². The number of carbonyl (C=O) groups is 1. The maximum absolute atomic E-state index is 12.8. The summed E-state index contributed by atoms with van der Waals surface area (Å²) in [6.07, 6.45) is 4.55. The molecule has 0 unspecified atom stereocenters. The van der Waals surface area contributed by atoms with Crippen LogP contribution in [0.15, 0.2) is 29.4 Å². The average molecular weight is 414 g/mol. The van der Waals surface area contributed by atoms with Gasteiger partial charge in [0.05, 0.1) is 21.0 Å². The van der Waals surface area contributed by atoms with Crippen molar-refractivity contribution in [1.29, 1.82) is 0 Å². The van der Waals surface area contributed by atoms with Crippen LogP contribution in [0.1, 0.15) is 48.4 Å². The second kappa shape index (κ2) is 7.48. The number of aromatic nitrogens is 4. The van der Waals surface area contributed by atoms with Crippen molar-refractivity contribution >= 4 is 39.2 Å². The summed E-state index contributed by atoms with van der Waals surface area (Å²) in [6.45, 7) is 1.61. The van der Waals surface area contributed by atoms with Gasteiger partial charge in [0.2, 0.25) is 5.91 Å². The molecule has 146 valence electrons. The fourth-order valence-corrected chi connectivity index (χ4v) is 5.75. The Morgan fingerprint density at radius 3 is 2.89 bits per heavy atom. The van der Waals surface area contributed by atoms with Crippen LogP contribution in [0.25, 0.3) is 10.2 Å². The summed E-state index contributed by atoms with van der Waals surface area (Å²) < 4.78 is 3.28. The SMILES string of the molecule is Cn1c(SCC(=O)N2CCC[C@H](c3nc4ccccc4s3)C2)nnc1C1CC1. The van der Waals surface area contributed by atoms with Gasteiger partial charge in [0.15, 0.2) is 5.16 Å². The molecule has 1 aromatic carbocycles. The van der Waals surface area contributed by atoms with Crippen LogP contribution < -0.4 is 0 Å². The van der Waals surface area contributed by atoms with Gasteiger partial charge in [-0.3, -0.25) is 4.79 Å². The molecule has 1 aliphatic heterocycles. The van der Waals surface area contributed by atoms with E-state index >= 15 is 0 Å². The lowest BCUT2D eigenvalue weighted by atomic mass is 9.99. The summed E-state index contributed by atoms with van der Waals surface area (Å²) >= 11 is 3.27. The van der Waals surface area contributed by atoms with Gasteiger partial charge in [-0.25, -0.2) is 4.98 Å². The third kappa shape index (κ3) is 3.55. The van der Waals surface area contributed by atoms with Gasteiger partial charge >= 0.3 is 0 Å². The third-order valence-electron chi connectivity index (χ3n) is 5.57. The predicted octanol–water partition coefficient (Wildman–Crippen LogP) is 3.80. The van der Waals surface area contributed by atoms with Crippen LogP contribution in [0.5, 0.6) is 0 Å². The Morgan fingerprint density at radius 2 is 2.07 bits per heavy atom. The largest absolute Gasteiger partial charge is 0.341 e. The molecule has 1 saturated carbocycles. The van der Waals surface area contributed by atoms with E-state index in [0.717, 1.165) is 47.4 Å². The Morgan fingerprint density at radius 1 is 1.21 bits per heavy atom. The first-order valence-corrected chi connectivity index (χ1v) is 11.6. The van der Waals surface area contributed by atoms with Gasteiger partial charge in [-0.15, -0.1) is 21.5 Å². The number of amides is 1. The highest BCUT2D eigenvalue weighted by molar-refractivity contribution is 7.99. The summed E-state index contributed by atoms with van der Waals surface area (Å²) in [5.41, 5.74) is 1.07.